The summed E-state index contributed by atoms with van der Waals surface area (Å²) in [5.74, 6) is -0.237. The molecule has 120 valence electrons. The molecule has 1 amide bonds. The summed E-state index contributed by atoms with van der Waals surface area (Å²) in [6.45, 7) is 1.27. The van der Waals surface area contributed by atoms with E-state index in [4.69, 9.17) is 5.73 Å². The molecule has 3 rings (SSSR count). The topological polar surface area (TPSA) is 46.3 Å². The summed E-state index contributed by atoms with van der Waals surface area (Å²) in [5, 5.41) is 0. The molecule has 0 unspecified atom stereocenters. The van der Waals surface area contributed by atoms with Crippen molar-refractivity contribution >= 4 is 5.91 Å². The Morgan fingerprint density at radius 1 is 1.32 bits per heavy atom. The molecule has 0 aromatic heterocycles. The Balaban J connectivity index is 1.68. The van der Waals surface area contributed by atoms with E-state index in [9.17, 15) is 18.0 Å². The Kier molecular flexibility index (Phi) is 3.89. The zero-order chi connectivity index (χ0) is 15.9. The van der Waals surface area contributed by atoms with Crippen molar-refractivity contribution in [2.45, 2.75) is 37.4 Å². The molecule has 2 N–H and O–H groups in total. The summed E-state index contributed by atoms with van der Waals surface area (Å²) in [5.41, 5.74) is 5.83. The number of hydrogen-bond donors (Lipinski definition) is 1. The van der Waals surface area contributed by atoms with Gasteiger partial charge in [0, 0.05) is 25.0 Å². The molecule has 1 aliphatic carbocycles. The summed E-state index contributed by atoms with van der Waals surface area (Å²) in [6, 6.07) is 5.33. The maximum Gasteiger partial charge on any atom is 0.416 e. The van der Waals surface area contributed by atoms with E-state index >= 15 is 0 Å². The van der Waals surface area contributed by atoms with Gasteiger partial charge in [-0.15, -0.1) is 0 Å². The maximum atomic E-state index is 12.8. The SMILES string of the molecule is N[C@@H]1CCCN(C(=O)[C@@H]2C[C@@H]2c2cccc(C(F)(F)F)c2)C1. The van der Waals surface area contributed by atoms with Crippen molar-refractivity contribution in [1.29, 1.82) is 0 Å². The number of likely N-dealkylation sites (tertiary alicyclic amines) is 1. The number of halogens is 3. The second-order valence-corrected chi connectivity index (χ2v) is 6.26. The van der Waals surface area contributed by atoms with Crippen molar-refractivity contribution in [3.8, 4) is 0 Å². The molecule has 3 nitrogen and oxygen atoms in total. The molecule has 0 radical (unpaired) electrons. The molecule has 2 aliphatic rings. The van der Waals surface area contributed by atoms with Crippen LogP contribution in [-0.2, 0) is 11.0 Å². The lowest BCUT2D eigenvalue weighted by atomic mass is 10.0. The van der Waals surface area contributed by atoms with E-state index in [2.05, 4.69) is 0 Å². The molecule has 2 fully saturated rings. The third kappa shape index (κ3) is 3.11. The molecule has 1 aromatic carbocycles. The molecule has 0 spiro atoms. The average Bonchev–Trinajstić information content (AvgIpc) is 3.26. The van der Waals surface area contributed by atoms with Gasteiger partial charge in [-0.2, -0.15) is 13.2 Å². The van der Waals surface area contributed by atoms with E-state index in [1.165, 1.54) is 12.1 Å². The smallest absolute Gasteiger partial charge is 0.341 e. The highest BCUT2D eigenvalue weighted by molar-refractivity contribution is 5.83. The van der Waals surface area contributed by atoms with Crippen LogP contribution in [-0.4, -0.2) is 29.9 Å². The van der Waals surface area contributed by atoms with Crippen molar-refractivity contribution in [2.75, 3.05) is 13.1 Å². The lowest BCUT2D eigenvalue weighted by Gasteiger charge is -2.31. The predicted octanol–water partition coefficient (Wildman–Crippen LogP) is 2.76. The van der Waals surface area contributed by atoms with Gasteiger partial charge < -0.3 is 10.6 Å². The highest BCUT2D eigenvalue weighted by Crippen LogP contribution is 2.49. The molecule has 1 aromatic rings. The third-order valence-corrected chi connectivity index (χ3v) is 4.52. The largest absolute Gasteiger partial charge is 0.416 e. The van der Waals surface area contributed by atoms with Crippen LogP contribution in [0.15, 0.2) is 24.3 Å². The van der Waals surface area contributed by atoms with Crippen LogP contribution in [0, 0.1) is 5.92 Å². The van der Waals surface area contributed by atoms with Crippen LogP contribution >= 0.6 is 0 Å². The predicted molar refractivity (Wildman–Crippen MR) is 76.1 cm³/mol. The number of carbonyl (C=O) groups is 1. The van der Waals surface area contributed by atoms with Crippen LogP contribution in [0.1, 0.15) is 36.3 Å². The van der Waals surface area contributed by atoms with E-state index in [0.717, 1.165) is 18.9 Å². The Hall–Kier alpha value is -1.56. The molecular formula is C16H19F3N2O. The highest BCUT2D eigenvalue weighted by Gasteiger charge is 2.46. The minimum Gasteiger partial charge on any atom is -0.341 e. The van der Waals surface area contributed by atoms with E-state index in [1.807, 2.05) is 0 Å². The zero-order valence-corrected chi connectivity index (χ0v) is 12.1. The molecule has 1 aliphatic heterocycles. The lowest BCUT2D eigenvalue weighted by molar-refractivity contribution is -0.137. The van der Waals surface area contributed by atoms with Crippen molar-refractivity contribution in [3.63, 3.8) is 0 Å². The standard InChI is InChI=1S/C16H19F3N2O/c17-16(18,19)11-4-1-3-10(7-11)13-8-14(13)15(22)21-6-2-5-12(20)9-21/h1,3-4,7,12-14H,2,5-6,8-9,20H2/t12-,13-,14-/m1/s1. The number of rotatable bonds is 2. The fourth-order valence-electron chi connectivity index (χ4n) is 3.23. The van der Waals surface area contributed by atoms with Crippen LogP contribution in [0.5, 0.6) is 0 Å². The van der Waals surface area contributed by atoms with Gasteiger partial charge in [0.2, 0.25) is 5.91 Å². The lowest BCUT2D eigenvalue weighted by Crippen LogP contribution is -2.46. The van der Waals surface area contributed by atoms with Gasteiger partial charge >= 0.3 is 6.18 Å². The summed E-state index contributed by atoms with van der Waals surface area (Å²) in [7, 11) is 0. The van der Waals surface area contributed by atoms with Crippen LogP contribution in [0.25, 0.3) is 0 Å². The Morgan fingerprint density at radius 3 is 2.77 bits per heavy atom. The van der Waals surface area contributed by atoms with Gasteiger partial charge in [-0.3, -0.25) is 4.79 Å². The normalized spacial score (nSPS) is 28.5. The van der Waals surface area contributed by atoms with Gasteiger partial charge in [0.25, 0.3) is 0 Å². The third-order valence-electron chi connectivity index (χ3n) is 4.52. The quantitative estimate of drug-likeness (QED) is 0.913. The number of carbonyl (C=O) groups excluding carboxylic acids is 1. The van der Waals surface area contributed by atoms with Crippen molar-refractivity contribution in [2.24, 2.45) is 11.7 Å². The van der Waals surface area contributed by atoms with Gasteiger partial charge in [0.05, 0.1) is 5.56 Å². The zero-order valence-electron chi connectivity index (χ0n) is 12.1. The fourth-order valence-corrected chi connectivity index (χ4v) is 3.23. The monoisotopic (exact) mass is 312 g/mol. The first-order chi connectivity index (χ1) is 10.4. The summed E-state index contributed by atoms with van der Waals surface area (Å²) in [6.07, 6.45) is -1.89. The van der Waals surface area contributed by atoms with E-state index < -0.39 is 11.7 Å². The Labute approximate surface area is 127 Å². The number of alkyl halides is 3. The van der Waals surface area contributed by atoms with Crippen LogP contribution < -0.4 is 5.73 Å². The van der Waals surface area contributed by atoms with Crippen LogP contribution in [0.2, 0.25) is 0 Å². The minimum absolute atomic E-state index is 0.0171. The van der Waals surface area contributed by atoms with Crippen LogP contribution in [0.4, 0.5) is 13.2 Å². The first-order valence-electron chi connectivity index (χ1n) is 7.58. The second kappa shape index (κ2) is 5.57. The van der Waals surface area contributed by atoms with Crippen molar-refractivity contribution in [3.05, 3.63) is 35.4 Å². The second-order valence-electron chi connectivity index (χ2n) is 6.26. The molecular weight excluding hydrogens is 293 g/mol. The molecule has 0 bridgehead atoms. The maximum absolute atomic E-state index is 12.8. The van der Waals surface area contributed by atoms with Gasteiger partial charge in [0.15, 0.2) is 0 Å². The number of hydrogen-bond acceptors (Lipinski definition) is 2. The molecule has 6 heteroatoms. The summed E-state index contributed by atoms with van der Waals surface area (Å²) < 4.78 is 38.3. The first kappa shape index (κ1) is 15.3. The van der Waals surface area contributed by atoms with Crippen LogP contribution in [0.3, 0.4) is 0 Å². The van der Waals surface area contributed by atoms with Gasteiger partial charge in [-0.1, -0.05) is 18.2 Å². The summed E-state index contributed by atoms with van der Waals surface area (Å²) in [4.78, 5) is 14.2. The van der Waals surface area contributed by atoms with Crippen molar-refractivity contribution < 1.29 is 18.0 Å². The molecule has 3 atom stereocenters. The number of piperidine rings is 1. The summed E-state index contributed by atoms with van der Waals surface area (Å²) >= 11 is 0. The number of nitrogens with two attached hydrogens (primary N) is 1. The van der Waals surface area contributed by atoms with Gasteiger partial charge in [-0.05, 0) is 36.8 Å². The van der Waals surface area contributed by atoms with E-state index in [-0.39, 0.29) is 23.8 Å². The Morgan fingerprint density at radius 2 is 2.09 bits per heavy atom. The number of benzene rings is 1. The van der Waals surface area contributed by atoms with E-state index in [1.54, 1.807) is 11.0 Å². The highest BCUT2D eigenvalue weighted by atomic mass is 19.4. The first-order valence-corrected chi connectivity index (χ1v) is 7.58. The number of nitrogens with zero attached hydrogens (tertiary/aromatic N) is 1. The molecule has 1 saturated carbocycles. The van der Waals surface area contributed by atoms with Crippen molar-refractivity contribution in [1.82, 2.24) is 4.90 Å². The molecule has 1 saturated heterocycles. The number of amides is 1. The van der Waals surface area contributed by atoms with Gasteiger partial charge in [0.1, 0.15) is 0 Å². The van der Waals surface area contributed by atoms with Gasteiger partial charge in [-0.25, -0.2) is 0 Å². The molecule has 22 heavy (non-hydrogen) atoms. The fraction of sp³-hybridized carbons (Fsp3) is 0.562. The Bertz CT molecular complexity index is 573. The minimum atomic E-state index is -4.34. The van der Waals surface area contributed by atoms with E-state index in [0.29, 0.717) is 25.1 Å². The average molecular weight is 312 g/mol. The molecule has 1 heterocycles.